The van der Waals surface area contributed by atoms with Crippen LogP contribution in [0, 0.1) is 31.9 Å². The van der Waals surface area contributed by atoms with Crippen LogP contribution in [0.2, 0.25) is 0 Å². The van der Waals surface area contributed by atoms with Gasteiger partial charge in [0.15, 0.2) is 0 Å². The molecule has 0 aliphatic heterocycles. The summed E-state index contributed by atoms with van der Waals surface area (Å²) in [7, 11) is 0. The minimum Gasteiger partial charge on any atom is -0.310 e. The van der Waals surface area contributed by atoms with Crippen molar-refractivity contribution < 1.29 is 18.6 Å². The van der Waals surface area contributed by atoms with Crippen LogP contribution in [0.25, 0.3) is 49.7 Å². The number of nitrogens with zero attached hydrogens (tertiary/aromatic N) is 4. The van der Waals surface area contributed by atoms with Crippen molar-refractivity contribution in [1.29, 1.82) is 0 Å². The predicted molar refractivity (Wildman–Crippen MR) is 200 cm³/mol. The van der Waals surface area contributed by atoms with E-state index in [0.29, 0.717) is 11.4 Å². The summed E-state index contributed by atoms with van der Waals surface area (Å²) in [5, 5.41) is 24.7. The standard InChI is InChI=1S/C42H26F2N4O4/c43-31-7-1-27(2-8-31)29-5-23-41-39(25-29)40-26-30(28-3-9-32(44)10-4-28)6-24-42(40)46(41)36-13-11-33(12-14-36)45(34-15-19-37(20-16-34)47(49)50)35-17-21-38(22-18-35)48(51)52/h1-26H. The minimum absolute atomic E-state index is 0.0562. The Labute approximate surface area is 295 Å². The van der Waals surface area contributed by atoms with Gasteiger partial charge in [-0.2, -0.15) is 0 Å². The van der Waals surface area contributed by atoms with Crippen LogP contribution in [0.1, 0.15) is 0 Å². The van der Waals surface area contributed by atoms with Gasteiger partial charge in [0, 0.05) is 57.8 Å². The van der Waals surface area contributed by atoms with E-state index in [1.807, 2.05) is 53.4 Å². The lowest BCUT2D eigenvalue weighted by Gasteiger charge is -2.25. The molecule has 10 heteroatoms. The zero-order valence-electron chi connectivity index (χ0n) is 27.2. The molecule has 1 heterocycles. The van der Waals surface area contributed by atoms with E-state index in [2.05, 4.69) is 16.7 Å². The van der Waals surface area contributed by atoms with Gasteiger partial charge in [-0.25, -0.2) is 8.78 Å². The van der Waals surface area contributed by atoms with Crippen LogP contribution < -0.4 is 4.90 Å². The summed E-state index contributed by atoms with van der Waals surface area (Å²) in [5.74, 6) is -0.621. The van der Waals surface area contributed by atoms with Gasteiger partial charge in [-0.15, -0.1) is 0 Å². The largest absolute Gasteiger partial charge is 0.310 e. The highest BCUT2D eigenvalue weighted by Crippen LogP contribution is 2.40. The smallest absolute Gasteiger partial charge is 0.269 e. The number of nitro groups is 2. The summed E-state index contributed by atoms with van der Waals surface area (Å²) in [6.07, 6.45) is 0. The average Bonchev–Trinajstić information content (AvgIpc) is 3.49. The monoisotopic (exact) mass is 688 g/mol. The van der Waals surface area contributed by atoms with Gasteiger partial charge in [-0.05, 0) is 119 Å². The van der Waals surface area contributed by atoms with Crippen molar-refractivity contribution in [2.45, 2.75) is 0 Å². The molecule has 0 saturated carbocycles. The second kappa shape index (κ2) is 12.9. The van der Waals surface area contributed by atoms with E-state index in [-0.39, 0.29) is 23.0 Å². The molecule has 8 rings (SSSR count). The van der Waals surface area contributed by atoms with Gasteiger partial charge in [-0.1, -0.05) is 36.4 Å². The summed E-state index contributed by atoms with van der Waals surface area (Å²) in [6, 6.07) is 45.0. The Morgan fingerprint density at radius 3 is 1.15 bits per heavy atom. The van der Waals surface area contributed by atoms with Crippen molar-refractivity contribution in [3.8, 4) is 27.9 Å². The summed E-state index contributed by atoms with van der Waals surface area (Å²) >= 11 is 0. The Kier molecular flexibility index (Phi) is 7.96. The van der Waals surface area contributed by atoms with Crippen molar-refractivity contribution in [3.05, 3.63) is 190 Å². The number of hydrogen-bond acceptors (Lipinski definition) is 5. The lowest BCUT2D eigenvalue weighted by molar-refractivity contribution is -0.385. The van der Waals surface area contributed by atoms with E-state index in [1.54, 1.807) is 48.5 Å². The summed E-state index contributed by atoms with van der Waals surface area (Å²) in [5.41, 5.74) is 8.22. The minimum atomic E-state index is -0.467. The van der Waals surface area contributed by atoms with E-state index in [0.717, 1.165) is 55.4 Å². The number of non-ortho nitro benzene ring substituents is 2. The molecule has 0 N–H and O–H groups in total. The lowest BCUT2D eigenvalue weighted by atomic mass is 10.0. The quantitative estimate of drug-likeness (QED) is 0.117. The van der Waals surface area contributed by atoms with Gasteiger partial charge in [0.2, 0.25) is 0 Å². The van der Waals surface area contributed by atoms with E-state index >= 15 is 0 Å². The summed E-state index contributed by atoms with van der Waals surface area (Å²) in [4.78, 5) is 23.7. The number of halogens is 2. The van der Waals surface area contributed by atoms with E-state index < -0.39 is 9.85 Å². The molecule has 0 unspecified atom stereocenters. The van der Waals surface area contributed by atoms with E-state index in [4.69, 9.17) is 0 Å². The van der Waals surface area contributed by atoms with Crippen molar-refractivity contribution in [2.24, 2.45) is 0 Å². The van der Waals surface area contributed by atoms with Gasteiger partial charge in [-0.3, -0.25) is 20.2 Å². The fourth-order valence-electron chi connectivity index (χ4n) is 6.59. The number of rotatable bonds is 8. The highest BCUT2D eigenvalue weighted by molar-refractivity contribution is 6.11. The van der Waals surface area contributed by atoms with Gasteiger partial charge < -0.3 is 9.47 Å². The molecule has 0 saturated heterocycles. The van der Waals surface area contributed by atoms with Crippen molar-refractivity contribution in [2.75, 3.05) is 4.90 Å². The number of fused-ring (bicyclic) bond motifs is 3. The number of hydrogen-bond donors (Lipinski definition) is 0. The molecular weight excluding hydrogens is 662 g/mol. The summed E-state index contributed by atoms with van der Waals surface area (Å²) in [6.45, 7) is 0. The topological polar surface area (TPSA) is 94.5 Å². The molecule has 8 aromatic rings. The first kappa shape index (κ1) is 32.0. The van der Waals surface area contributed by atoms with Crippen LogP contribution in [0.15, 0.2) is 158 Å². The maximum absolute atomic E-state index is 13.8. The molecule has 0 radical (unpaired) electrons. The number of nitro benzene ring substituents is 2. The van der Waals surface area contributed by atoms with Crippen molar-refractivity contribution in [1.82, 2.24) is 4.57 Å². The molecule has 8 nitrogen and oxygen atoms in total. The Bertz CT molecular complexity index is 2460. The third kappa shape index (κ3) is 5.88. The Hall–Kier alpha value is -7.20. The molecule has 0 bridgehead atoms. The Morgan fingerprint density at radius 2 is 0.788 bits per heavy atom. The number of aromatic nitrogens is 1. The fourth-order valence-corrected chi connectivity index (χ4v) is 6.59. The van der Waals surface area contributed by atoms with Crippen LogP contribution >= 0.6 is 0 Å². The third-order valence-electron chi connectivity index (χ3n) is 9.12. The first-order valence-corrected chi connectivity index (χ1v) is 16.2. The normalized spacial score (nSPS) is 11.2. The molecule has 0 aliphatic rings. The molecule has 52 heavy (non-hydrogen) atoms. The van der Waals surface area contributed by atoms with Crippen molar-refractivity contribution >= 4 is 50.2 Å². The molecule has 0 spiro atoms. The van der Waals surface area contributed by atoms with Crippen LogP contribution in [0.5, 0.6) is 0 Å². The van der Waals surface area contributed by atoms with E-state index in [1.165, 1.54) is 48.5 Å². The molecule has 252 valence electrons. The third-order valence-corrected chi connectivity index (χ3v) is 9.12. The SMILES string of the molecule is O=[N+]([O-])c1ccc(N(c2ccc(-n3c4ccc(-c5ccc(F)cc5)cc4c4cc(-c5ccc(F)cc5)ccc43)cc2)c2ccc([N+](=O)[O-])cc2)cc1. The molecule has 0 amide bonds. The van der Waals surface area contributed by atoms with Crippen LogP contribution in [0.4, 0.5) is 37.2 Å². The van der Waals surface area contributed by atoms with E-state index in [9.17, 15) is 29.0 Å². The number of benzene rings is 7. The first-order chi connectivity index (χ1) is 25.2. The van der Waals surface area contributed by atoms with Crippen LogP contribution in [0.3, 0.4) is 0 Å². The maximum atomic E-state index is 13.8. The molecule has 0 atom stereocenters. The highest BCUT2D eigenvalue weighted by Gasteiger charge is 2.18. The molecule has 0 aliphatic carbocycles. The van der Waals surface area contributed by atoms with Gasteiger partial charge in [0.1, 0.15) is 11.6 Å². The van der Waals surface area contributed by atoms with Gasteiger partial charge in [0.05, 0.1) is 20.9 Å². The lowest BCUT2D eigenvalue weighted by Crippen LogP contribution is -2.10. The van der Waals surface area contributed by atoms with Crippen LogP contribution in [-0.2, 0) is 0 Å². The Balaban J connectivity index is 1.27. The molecule has 7 aromatic carbocycles. The first-order valence-electron chi connectivity index (χ1n) is 16.2. The zero-order chi connectivity index (χ0) is 35.9. The van der Waals surface area contributed by atoms with Crippen molar-refractivity contribution in [3.63, 3.8) is 0 Å². The summed E-state index contributed by atoms with van der Waals surface area (Å²) < 4.78 is 29.7. The van der Waals surface area contributed by atoms with Gasteiger partial charge in [0.25, 0.3) is 11.4 Å². The molecular formula is C42H26F2N4O4. The Morgan fingerprint density at radius 1 is 0.442 bits per heavy atom. The average molecular weight is 689 g/mol. The predicted octanol–water partition coefficient (Wildman–Crippen LogP) is 11.7. The second-order valence-corrected chi connectivity index (χ2v) is 12.2. The number of anilines is 3. The highest BCUT2D eigenvalue weighted by atomic mass is 19.1. The molecule has 0 fully saturated rings. The molecule has 1 aromatic heterocycles. The van der Waals surface area contributed by atoms with Crippen LogP contribution in [-0.4, -0.2) is 14.4 Å². The van der Waals surface area contributed by atoms with Gasteiger partial charge >= 0.3 is 0 Å². The fraction of sp³-hybridized carbons (Fsp3) is 0. The maximum Gasteiger partial charge on any atom is 0.269 e. The second-order valence-electron chi connectivity index (χ2n) is 12.2. The zero-order valence-corrected chi connectivity index (χ0v) is 27.2.